The van der Waals surface area contributed by atoms with E-state index >= 15 is 0 Å². The molecule has 0 radical (unpaired) electrons. The van der Waals surface area contributed by atoms with Crippen molar-refractivity contribution in [1.82, 2.24) is 4.98 Å². The summed E-state index contributed by atoms with van der Waals surface area (Å²) in [7, 11) is 3.29. The Morgan fingerprint density at radius 1 is 0.800 bits per heavy atom. The zero-order valence-electron chi connectivity index (χ0n) is 16.7. The van der Waals surface area contributed by atoms with Crippen molar-refractivity contribution in [2.45, 2.75) is 0 Å². The summed E-state index contributed by atoms with van der Waals surface area (Å²) in [5.41, 5.74) is 9.96. The third-order valence-corrected chi connectivity index (χ3v) is 5.60. The molecule has 1 aromatic heterocycles. The topological polar surface area (TPSA) is 69.7 Å². The lowest BCUT2D eigenvalue weighted by atomic mass is 10.1. The maximum Gasteiger partial charge on any atom is 0.146 e. The molecule has 30 heavy (non-hydrogen) atoms. The Morgan fingerprint density at radius 2 is 1.40 bits per heavy atom. The predicted molar refractivity (Wildman–Crippen MR) is 123 cm³/mol. The molecule has 0 spiro atoms. The highest BCUT2D eigenvalue weighted by molar-refractivity contribution is 7.19. The first-order chi connectivity index (χ1) is 14.7. The van der Waals surface area contributed by atoms with E-state index in [1.54, 1.807) is 14.2 Å². The highest BCUT2D eigenvalue weighted by Gasteiger charge is 2.15. The number of hydrogen-bond acceptors (Lipinski definition) is 5. The Morgan fingerprint density at radius 3 is 2.00 bits per heavy atom. The van der Waals surface area contributed by atoms with Crippen LogP contribution in [0.1, 0.15) is 5.56 Å². The lowest BCUT2D eigenvalue weighted by molar-refractivity contribution is 0.414. The van der Waals surface area contributed by atoms with Crippen LogP contribution in [0.3, 0.4) is 0 Å². The molecule has 0 amide bonds. The predicted octanol–water partition coefficient (Wildman–Crippen LogP) is 5.53. The normalized spacial score (nSPS) is 11.3. The lowest BCUT2D eigenvalue weighted by Crippen LogP contribution is -2.12. The van der Waals surface area contributed by atoms with Gasteiger partial charge in [0.05, 0.1) is 14.2 Å². The minimum Gasteiger partial charge on any atom is -0.497 e. The Labute approximate surface area is 179 Å². The van der Waals surface area contributed by atoms with E-state index in [-0.39, 0.29) is 0 Å². The van der Waals surface area contributed by atoms with Crippen LogP contribution in [0.2, 0.25) is 0 Å². The minimum atomic E-state index is 0.430. The van der Waals surface area contributed by atoms with Crippen LogP contribution < -0.4 is 15.2 Å². The fraction of sp³-hybridized carbons (Fsp3) is 0.0833. The molecular formula is C24H21N3O2S. The number of aliphatic imine (C=N–C) groups is 1. The van der Waals surface area contributed by atoms with Crippen LogP contribution in [0.25, 0.3) is 21.8 Å². The average Bonchev–Trinajstić information content (AvgIpc) is 3.23. The number of methoxy groups -OCH3 is 2. The maximum atomic E-state index is 6.32. The monoisotopic (exact) mass is 415 g/mol. The second-order valence-corrected chi connectivity index (χ2v) is 7.47. The fourth-order valence-electron chi connectivity index (χ4n) is 2.96. The summed E-state index contributed by atoms with van der Waals surface area (Å²) < 4.78 is 10.5. The van der Waals surface area contributed by atoms with Crippen LogP contribution in [-0.4, -0.2) is 25.0 Å². The van der Waals surface area contributed by atoms with E-state index in [0.717, 1.165) is 43.9 Å². The molecule has 0 atom stereocenters. The summed E-state index contributed by atoms with van der Waals surface area (Å²) in [4.78, 5) is 9.60. The van der Waals surface area contributed by atoms with Crippen LogP contribution in [0.15, 0.2) is 83.9 Å². The van der Waals surface area contributed by atoms with Crippen molar-refractivity contribution in [2.24, 2.45) is 10.7 Å². The number of nitrogens with zero attached hydrogens (tertiary/aromatic N) is 2. The van der Waals surface area contributed by atoms with Gasteiger partial charge in [-0.05, 0) is 48.5 Å². The van der Waals surface area contributed by atoms with Crippen LogP contribution >= 0.6 is 11.3 Å². The molecule has 150 valence electrons. The number of amidine groups is 1. The summed E-state index contributed by atoms with van der Waals surface area (Å²) >= 11 is 1.51. The highest BCUT2D eigenvalue weighted by atomic mass is 32.1. The first-order valence-corrected chi connectivity index (χ1v) is 10.2. The van der Waals surface area contributed by atoms with Crippen LogP contribution in [0.4, 0.5) is 5.00 Å². The van der Waals surface area contributed by atoms with Gasteiger partial charge >= 0.3 is 0 Å². The van der Waals surface area contributed by atoms with Gasteiger partial charge in [-0.3, -0.25) is 0 Å². The zero-order valence-corrected chi connectivity index (χ0v) is 17.5. The fourth-order valence-corrected chi connectivity index (χ4v) is 3.94. The number of thiazole rings is 1. The van der Waals surface area contributed by atoms with E-state index < -0.39 is 0 Å². The van der Waals surface area contributed by atoms with E-state index in [1.165, 1.54) is 11.3 Å². The molecule has 6 heteroatoms. The van der Waals surface area contributed by atoms with Gasteiger partial charge in [0.15, 0.2) is 0 Å². The molecule has 0 saturated carbocycles. The van der Waals surface area contributed by atoms with Crippen molar-refractivity contribution in [2.75, 3.05) is 14.2 Å². The number of rotatable bonds is 6. The molecule has 4 rings (SSSR count). The van der Waals surface area contributed by atoms with Crippen molar-refractivity contribution < 1.29 is 9.47 Å². The van der Waals surface area contributed by atoms with Gasteiger partial charge in [0.1, 0.15) is 33.0 Å². The quantitative estimate of drug-likeness (QED) is 0.332. The van der Waals surface area contributed by atoms with Gasteiger partial charge in [0, 0.05) is 16.7 Å². The molecule has 0 fully saturated rings. The van der Waals surface area contributed by atoms with Crippen LogP contribution in [-0.2, 0) is 0 Å². The molecule has 3 aromatic carbocycles. The standard InChI is InChI=1S/C24H21N3O2S/c1-28-19-12-8-17(9-13-19)22(25)27-24-21(16-6-4-3-5-7-16)26-23(30-24)18-10-14-20(29-2)15-11-18/h3-15H,1-2H3,(H2,25,27). The van der Waals surface area contributed by atoms with E-state index in [4.69, 9.17) is 25.2 Å². The zero-order chi connectivity index (χ0) is 20.9. The van der Waals surface area contributed by atoms with Crippen molar-refractivity contribution in [1.29, 1.82) is 0 Å². The van der Waals surface area contributed by atoms with Crippen molar-refractivity contribution >= 4 is 22.2 Å². The van der Waals surface area contributed by atoms with Gasteiger partial charge in [-0.15, -0.1) is 0 Å². The summed E-state index contributed by atoms with van der Waals surface area (Å²) in [6.45, 7) is 0. The van der Waals surface area contributed by atoms with E-state index in [1.807, 2.05) is 78.9 Å². The SMILES string of the molecule is COc1ccc(/C(N)=N/c2sc(-c3ccc(OC)cc3)nc2-c2ccccc2)cc1. The average molecular weight is 416 g/mol. The summed E-state index contributed by atoms with van der Waals surface area (Å²) in [6, 6.07) is 25.4. The van der Waals surface area contributed by atoms with Gasteiger partial charge in [-0.25, -0.2) is 9.98 Å². The maximum absolute atomic E-state index is 6.32. The summed E-state index contributed by atoms with van der Waals surface area (Å²) in [5.74, 6) is 2.01. The Bertz CT molecular complexity index is 1150. The lowest BCUT2D eigenvalue weighted by Gasteiger charge is -2.03. The number of aromatic nitrogens is 1. The summed E-state index contributed by atoms with van der Waals surface area (Å²) in [6.07, 6.45) is 0. The van der Waals surface area contributed by atoms with E-state index in [2.05, 4.69) is 0 Å². The van der Waals surface area contributed by atoms with Gasteiger partial charge in [-0.2, -0.15) is 0 Å². The molecule has 0 saturated heterocycles. The first-order valence-electron chi connectivity index (χ1n) is 9.37. The van der Waals surface area contributed by atoms with Gasteiger partial charge in [0.25, 0.3) is 0 Å². The molecule has 0 aliphatic rings. The molecule has 5 nitrogen and oxygen atoms in total. The van der Waals surface area contributed by atoms with Crippen LogP contribution in [0, 0.1) is 0 Å². The van der Waals surface area contributed by atoms with E-state index in [0.29, 0.717) is 5.84 Å². The third kappa shape index (κ3) is 4.18. The van der Waals surface area contributed by atoms with Crippen molar-refractivity contribution in [3.8, 4) is 33.3 Å². The van der Waals surface area contributed by atoms with Crippen molar-refractivity contribution in [3.05, 3.63) is 84.4 Å². The number of hydrogen-bond donors (Lipinski definition) is 1. The number of ether oxygens (including phenoxy) is 2. The molecular weight excluding hydrogens is 394 g/mol. The molecule has 4 aromatic rings. The largest absolute Gasteiger partial charge is 0.497 e. The molecule has 0 aliphatic heterocycles. The van der Waals surface area contributed by atoms with Gasteiger partial charge in [0.2, 0.25) is 0 Å². The minimum absolute atomic E-state index is 0.430. The molecule has 0 bridgehead atoms. The van der Waals surface area contributed by atoms with Crippen LogP contribution in [0.5, 0.6) is 11.5 Å². The Balaban J connectivity index is 1.77. The molecule has 2 N–H and O–H groups in total. The third-order valence-electron chi connectivity index (χ3n) is 4.60. The second-order valence-electron chi connectivity index (χ2n) is 6.49. The highest BCUT2D eigenvalue weighted by Crippen LogP contribution is 2.40. The number of benzene rings is 3. The smallest absolute Gasteiger partial charge is 0.146 e. The van der Waals surface area contributed by atoms with Gasteiger partial charge in [-0.1, -0.05) is 41.7 Å². The number of nitrogens with two attached hydrogens (primary N) is 1. The van der Waals surface area contributed by atoms with Crippen molar-refractivity contribution in [3.63, 3.8) is 0 Å². The Hall–Kier alpha value is -3.64. The molecule has 0 aliphatic carbocycles. The first kappa shape index (κ1) is 19.7. The molecule has 1 heterocycles. The second kappa shape index (κ2) is 8.80. The Kier molecular flexibility index (Phi) is 5.77. The van der Waals surface area contributed by atoms with E-state index in [9.17, 15) is 0 Å². The van der Waals surface area contributed by atoms with Gasteiger partial charge < -0.3 is 15.2 Å². The molecule has 0 unspecified atom stereocenters. The summed E-state index contributed by atoms with van der Waals surface area (Å²) in [5, 5.41) is 1.64.